The average molecular weight is 398 g/mol. The summed E-state index contributed by atoms with van der Waals surface area (Å²) in [4.78, 5) is 19.4. The molecule has 1 saturated carbocycles. The summed E-state index contributed by atoms with van der Waals surface area (Å²) >= 11 is 6.85. The van der Waals surface area contributed by atoms with Gasteiger partial charge in [-0.2, -0.15) is 0 Å². The number of aryl methyl sites for hydroxylation is 1. The highest BCUT2D eigenvalue weighted by Gasteiger charge is 2.32. The first kappa shape index (κ1) is 18.4. The monoisotopic (exact) mass is 397 g/mol. The van der Waals surface area contributed by atoms with Gasteiger partial charge in [-0.3, -0.25) is 14.7 Å². The molecule has 4 rings (SSSR count). The second kappa shape index (κ2) is 7.60. The van der Waals surface area contributed by atoms with Crippen LogP contribution in [0.2, 0.25) is 0 Å². The van der Waals surface area contributed by atoms with Crippen molar-refractivity contribution in [3.05, 3.63) is 58.0 Å². The normalized spacial score (nSPS) is 19.6. The fourth-order valence-electron chi connectivity index (χ4n) is 4.12. The van der Waals surface area contributed by atoms with Gasteiger partial charge in [0.15, 0.2) is 0 Å². The molecule has 3 heterocycles. The minimum atomic E-state index is -0.0143. The number of thioether (sulfide) groups is 1. The quantitative estimate of drug-likeness (QED) is 0.536. The molecule has 1 amide bonds. The fraction of sp³-hybridized carbons (Fsp3) is 0.381. The van der Waals surface area contributed by atoms with E-state index in [1.165, 1.54) is 48.8 Å². The van der Waals surface area contributed by atoms with Crippen molar-refractivity contribution in [1.29, 1.82) is 0 Å². The van der Waals surface area contributed by atoms with E-state index >= 15 is 0 Å². The number of carbonyl (C=O) groups is 1. The molecule has 0 aromatic carbocycles. The van der Waals surface area contributed by atoms with Gasteiger partial charge in [0, 0.05) is 29.8 Å². The summed E-state index contributed by atoms with van der Waals surface area (Å²) in [6.07, 6.45) is 10.6. The van der Waals surface area contributed by atoms with E-state index in [0.29, 0.717) is 21.8 Å². The Balaban J connectivity index is 1.59. The molecule has 1 aliphatic heterocycles. The summed E-state index contributed by atoms with van der Waals surface area (Å²) in [7, 11) is 0. The van der Waals surface area contributed by atoms with Crippen molar-refractivity contribution >= 4 is 40.3 Å². The summed E-state index contributed by atoms with van der Waals surface area (Å²) in [5.74, 6) is -0.0143. The smallest absolute Gasteiger partial charge is 0.266 e. The van der Waals surface area contributed by atoms with E-state index in [0.717, 1.165) is 11.1 Å². The molecule has 1 aliphatic carbocycles. The molecule has 6 heteroatoms. The Morgan fingerprint density at radius 3 is 2.81 bits per heavy atom. The number of hydrogen-bond acceptors (Lipinski definition) is 4. The lowest BCUT2D eigenvalue weighted by Crippen LogP contribution is -2.27. The van der Waals surface area contributed by atoms with Crippen LogP contribution in [0.3, 0.4) is 0 Å². The Bertz CT molecular complexity index is 911. The van der Waals surface area contributed by atoms with Crippen LogP contribution in [0.1, 0.15) is 54.2 Å². The molecule has 4 nitrogen and oxygen atoms in total. The fourth-order valence-corrected chi connectivity index (χ4v) is 5.37. The third-order valence-corrected chi connectivity index (χ3v) is 6.81. The number of hydrogen-bond donors (Lipinski definition) is 0. The molecule has 27 heavy (non-hydrogen) atoms. The lowest BCUT2D eigenvalue weighted by Gasteiger charge is -2.17. The number of aromatic nitrogens is 2. The highest BCUT2D eigenvalue weighted by Crippen LogP contribution is 2.37. The summed E-state index contributed by atoms with van der Waals surface area (Å²) in [5, 5.41) is 0. The predicted octanol–water partition coefficient (Wildman–Crippen LogP) is 5.02. The van der Waals surface area contributed by atoms with Crippen molar-refractivity contribution in [2.75, 3.05) is 0 Å². The van der Waals surface area contributed by atoms with E-state index in [1.807, 2.05) is 18.2 Å². The van der Waals surface area contributed by atoms with Crippen LogP contribution in [-0.4, -0.2) is 24.7 Å². The molecular formula is C21H23N3OS2. The maximum Gasteiger partial charge on any atom is 0.266 e. The molecule has 0 atom stereocenters. The number of rotatable bonds is 4. The Labute approximate surface area is 169 Å². The highest BCUT2D eigenvalue weighted by molar-refractivity contribution is 8.26. The maximum absolute atomic E-state index is 12.9. The molecule has 140 valence electrons. The van der Waals surface area contributed by atoms with E-state index in [2.05, 4.69) is 29.5 Å². The minimum Gasteiger partial charge on any atom is -0.346 e. The van der Waals surface area contributed by atoms with Crippen LogP contribution in [0.15, 0.2) is 35.5 Å². The van der Waals surface area contributed by atoms with E-state index < -0.39 is 0 Å². The Hall–Kier alpha value is -1.92. The number of nitrogens with zero attached hydrogens (tertiary/aromatic N) is 3. The van der Waals surface area contributed by atoms with Crippen LogP contribution >= 0.6 is 24.0 Å². The molecule has 0 spiro atoms. The third-order valence-electron chi connectivity index (χ3n) is 5.44. The SMILES string of the molecule is Cc1cc(/C=C2\SC(=S)N(Cc3cccnc3)C2=O)c(C)n1C1CCCC1. The maximum atomic E-state index is 12.9. The predicted molar refractivity (Wildman–Crippen MR) is 114 cm³/mol. The van der Waals surface area contributed by atoms with E-state index in [4.69, 9.17) is 12.2 Å². The van der Waals surface area contributed by atoms with Gasteiger partial charge in [-0.15, -0.1) is 0 Å². The Morgan fingerprint density at radius 1 is 1.33 bits per heavy atom. The van der Waals surface area contributed by atoms with E-state index in [9.17, 15) is 4.79 Å². The molecule has 0 radical (unpaired) electrons. The van der Waals surface area contributed by atoms with Crippen LogP contribution in [0.5, 0.6) is 0 Å². The van der Waals surface area contributed by atoms with E-state index in [1.54, 1.807) is 17.3 Å². The van der Waals surface area contributed by atoms with Gasteiger partial charge in [0.2, 0.25) is 0 Å². The van der Waals surface area contributed by atoms with Gasteiger partial charge in [-0.25, -0.2) is 0 Å². The Morgan fingerprint density at radius 2 is 2.11 bits per heavy atom. The van der Waals surface area contributed by atoms with Crippen molar-refractivity contribution in [2.24, 2.45) is 0 Å². The van der Waals surface area contributed by atoms with Crippen molar-refractivity contribution in [1.82, 2.24) is 14.5 Å². The number of amides is 1. The summed E-state index contributed by atoms with van der Waals surface area (Å²) in [5.41, 5.74) is 4.63. The van der Waals surface area contributed by atoms with E-state index in [-0.39, 0.29) is 5.91 Å². The molecule has 0 N–H and O–H groups in total. The summed E-state index contributed by atoms with van der Waals surface area (Å²) in [6, 6.07) is 6.64. The summed E-state index contributed by atoms with van der Waals surface area (Å²) < 4.78 is 3.06. The first-order chi connectivity index (χ1) is 13.0. The molecular weight excluding hydrogens is 374 g/mol. The zero-order valence-electron chi connectivity index (χ0n) is 15.6. The molecule has 2 fully saturated rings. The van der Waals surface area contributed by atoms with Crippen molar-refractivity contribution < 1.29 is 4.79 Å². The largest absolute Gasteiger partial charge is 0.346 e. The van der Waals surface area contributed by atoms with Crippen LogP contribution in [-0.2, 0) is 11.3 Å². The lowest BCUT2D eigenvalue weighted by molar-refractivity contribution is -0.122. The topological polar surface area (TPSA) is 38.1 Å². The first-order valence-corrected chi connectivity index (χ1v) is 10.6. The first-order valence-electron chi connectivity index (χ1n) is 9.37. The third kappa shape index (κ3) is 3.60. The van der Waals surface area contributed by atoms with Gasteiger partial charge >= 0.3 is 0 Å². The molecule has 0 unspecified atom stereocenters. The summed E-state index contributed by atoms with van der Waals surface area (Å²) in [6.45, 7) is 4.79. The van der Waals surface area contributed by atoms with Gasteiger partial charge in [0.25, 0.3) is 5.91 Å². The van der Waals surface area contributed by atoms with Crippen LogP contribution < -0.4 is 0 Å². The lowest BCUT2D eigenvalue weighted by atomic mass is 10.2. The highest BCUT2D eigenvalue weighted by atomic mass is 32.2. The standard InChI is InChI=1S/C21H23N3OS2/c1-14-10-17(15(2)24(14)18-7-3-4-8-18)11-19-20(25)23(21(26)27-19)13-16-6-5-9-22-12-16/h5-6,9-12,18H,3-4,7-8,13H2,1-2H3/b19-11-. The van der Waals surface area contributed by atoms with Gasteiger partial charge < -0.3 is 4.57 Å². The van der Waals surface area contributed by atoms with Crippen molar-refractivity contribution in [3.8, 4) is 0 Å². The molecule has 2 aromatic heterocycles. The second-order valence-electron chi connectivity index (χ2n) is 7.26. The zero-order valence-corrected chi connectivity index (χ0v) is 17.3. The molecule has 2 aromatic rings. The van der Waals surface area contributed by atoms with Crippen LogP contribution in [0.4, 0.5) is 0 Å². The van der Waals surface area contributed by atoms with Crippen molar-refractivity contribution in [3.63, 3.8) is 0 Å². The number of carbonyl (C=O) groups excluding carboxylic acids is 1. The average Bonchev–Trinajstić information content (AvgIpc) is 3.33. The molecule has 2 aliphatic rings. The Kier molecular flexibility index (Phi) is 5.19. The van der Waals surface area contributed by atoms with Gasteiger partial charge in [0.05, 0.1) is 11.4 Å². The number of thiocarbonyl (C=S) groups is 1. The van der Waals surface area contributed by atoms with Crippen LogP contribution in [0.25, 0.3) is 6.08 Å². The molecule has 1 saturated heterocycles. The van der Waals surface area contributed by atoms with Gasteiger partial charge in [-0.1, -0.05) is 42.9 Å². The zero-order chi connectivity index (χ0) is 19.0. The van der Waals surface area contributed by atoms with Gasteiger partial charge in [-0.05, 0) is 56.0 Å². The number of pyridine rings is 1. The van der Waals surface area contributed by atoms with Crippen LogP contribution in [0, 0.1) is 13.8 Å². The van der Waals surface area contributed by atoms with Gasteiger partial charge in [0.1, 0.15) is 4.32 Å². The minimum absolute atomic E-state index is 0.0143. The van der Waals surface area contributed by atoms with Crippen molar-refractivity contribution in [2.45, 2.75) is 52.1 Å². The second-order valence-corrected chi connectivity index (χ2v) is 8.94. The molecule has 0 bridgehead atoms.